The molecule has 20 heavy (non-hydrogen) atoms. The van der Waals surface area contributed by atoms with E-state index in [1.807, 2.05) is 0 Å². The number of hydrogen-bond donors (Lipinski definition) is 1. The van der Waals surface area contributed by atoms with Crippen LogP contribution in [0.4, 0.5) is 0 Å². The predicted molar refractivity (Wildman–Crippen MR) is 85.8 cm³/mol. The third-order valence-corrected chi connectivity index (χ3v) is 4.11. The maximum absolute atomic E-state index is 3.82. The first-order valence-electron chi connectivity index (χ1n) is 7.61. The lowest BCUT2D eigenvalue weighted by Gasteiger charge is -2.23. The van der Waals surface area contributed by atoms with Crippen LogP contribution in [0.5, 0.6) is 0 Å². The summed E-state index contributed by atoms with van der Waals surface area (Å²) in [5.74, 6) is 0.726. The smallest absolute Gasteiger partial charge is 0.0591 e. The molecule has 1 unspecified atom stereocenters. The zero-order chi connectivity index (χ0) is 14.1. The molecule has 0 spiro atoms. The van der Waals surface area contributed by atoms with Crippen LogP contribution in [0, 0.1) is 5.92 Å². The van der Waals surface area contributed by atoms with Crippen LogP contribution in [-0.4, -0.2) is 6.04 Å². The Morgan fingerprint density at radius 1 is 0.850 bits per heavy atom. The second-order valence-corrected chi connectivity index (χ2v) is 6.30. The minimum atomic E-state index is 0.344. The minimum Gasteiger partial charge on any atom is -0.304 e. The number of hydrogen-bond acceptors (Lipinski definition) is 1. The van der Waals surface area contributed by atoms with Crippen molar-refractivity contribution in [3.05, 3.63) is 59.7 Å². The second-order valence-electron chi connectivity index (χ2n) is 6.30. The summed E-state index contributed by atoms with van der Waals surface area (Å²) in [5, 5.41) is 3.82. The third-order valence-electron chi connectivity index (χ3n) is 4.11. The average molecular weight is 265 g/mol. The molecule has 2 aromatic rings. The van der Waals surface area contributed by atoms with Crippen molar-refractivity contribution in [2.24, 2.45) is 5.92 Å². The number of benzene rings is 2. The van der Waals surface area contributed by atoms with Crippen molar-refractivity contribution in [2.45, 2.75) is 39.3 Å². The van der Waals surface area contributed by atoms with Gasteiger partial charge in [0.15, 0.2) is 0 Å². The average Bonchev–Trinajstić information content (AvgIpc) is 2.73. The minimum absolute atomic E-state index is 0.344. The molecular formula is C19H23N. The summed E-state index contributed by atoms with van der Waals surface area (Å²) in [4.78, 5) is 0. The Labute approximate surface area is 122 Å². The van der Waals surface area contributed by atoms with E-state index in [-0.39, 0.29) is 0 Å². The van der Waals surface area contributed by atoms with Gasteiger partial charge in [-0.15, -0.1) is 0 Å². The largest absolute Gasteiger partial charge is 0.304 e. The van der Waals surface area contributed by atoms with Crippen LogP contribution in [0.3, 0.4) is 0 Å². The maximum atomic E-state index is 3.82. The van der Waals surface area contributed by atoms with Crippen molar-refractivity contribution in [1.29, 1.82) is 0 Å². The summed E-state index contributed by atoms with van der Waals surface area (Å²) in [6.45, 7) is 6.87. The molecule has 3 rings (SSSR count). The quantitative estimate of drug-likeness (QED) is 0.838. The molecule has 1 N–H and O–H groups in total. The van der Waals surface area contributed by atoms with Crippen molar-refractivity contribution in [3.8, 4) is 11.1 Å². The molecular weight excluding hydrogens is 242 g/mol. The zero-order valence-corrected chi connectivity index (χ0v) is 12.6. The highest BCUT2D eigenvalue weighted by Crippen LogP contribution is 2.43. The molecule has 1 nitrogen and oxygen atoms in total. The summed E-state index contributed by atoms with van der Waals surface area (Å²) >= 11 is 0. The molecule has 0 radical (unpaired) electrons. The molecule has 0 aromatic heterocycles. The monoisotopic (exact) mass is 265 g/mol. The normalized spacial score (nSPS) is 15.2. The van der Waals surface area contributed by atoms with Crippen molar-refractivity contribution in [1.82, 2.24) is 5.32 Å². The van der Waals surface area contributed by atoms with Crippen molar-refractivity contribution in [2.75, 3.05) is 0 Å². The summed E-state index contributed by atoms with van der Waals surface area (Å²) in [7, 11) is 0. The zero-order valence-electron chi connectivity index (χ0n) is 12.6. The Hall–Kier alpha value is -1.60. The van der Waals surface area contributed by atoms with E-state index in [4.69, 9.17) is 0 Å². The molecule has 0 heterocycles. The second kappa shape index (κ2) is 5.41. The molecule has 1 aliphatic carbocycles. The van der Waals surface area contributed by atoms with Gasteiger partial charge in [-0.05, 0) is 41.5 Å². The van der Waals surface area contributed by atoms with Gasteiger partial charge in [0.1, 0.15) is 0 Å². The fourth-order valence-corrected chi connectivity index (χ4v) is 3.39. The first-order chi connectivity index (χ1) is 9.66. The Morgan fingerprint density at radius 3 is 1.85 bits per heavy atom. The molecule has 1 atom stereocenters. The highest BCUT2D eigenvalue weighted by Gasteiger charge is 2.28. The van der Waals surface area contributed by atoms with Crippen molar-refractivity contribution >= 4 is 0 Å². The molecule has 0 amide bonds. The van der Waals surface area contributed by atoms with Gasteiger partial charge in [0.05, 0.1) is 6.04 Å². The van der Waals surface area contributed by atoms with Crippen LogP contribution >= 0.6 is 0 Å². The lowest BCUT2D eigenvalue weighted by Crippen LogP contribution is -2.31. The number of rotatable bonds is 4. The summed E-state index contributed by atoms with van der Waals surface area (Å²) in [6.07, 6.45) is 1.21. The molecule has 0 aliphatic heterocycles. The lowest BCUT2D eigenvalue weighted by molar-refractivity contribution is 0.420. The van der Waals surface area contributed by atoms with Crippen LogP contribution in [0.25, 0.3) is 11.1 Å². The first kappa shape index (κ1) is 13.4. The topological polar surface area (TPSA) is 12.0 Å². The van der Waals surface area contributed by atoms with Crippen LogP contribution in [0.2, 0.25) is 0 Å². The molecule has 0 saturated heterocycles. The van der Waals surface area contributed by atoms with Gasteiger partial charge in [-0.1, -0.05) is 62.4 Å². The van der Waals surface area contributed by atoms with E-state index in [1.54, 1.807) is 0 Å². The Morgan fingerprint density at radius 2 is 1.35 bits per heavy atom. The third kappa shape index (κ3) is 2.38. The summed E-state index contributed by atoms with van der Waals surface area (Å²) < 4.78 is 0. The van der Waals surface area contributed by atoms with Gasteiger partial charge >= 0.3 is 0 Å². The molecule has 2 aromatic carbocycles. The maximum Gasteiger partial charge on any atom is 0.0591 e. The SMILES string of the molecule is CC(C)CC(C)NC1c2ccccc2-c2ccccc21. The number of nitrogens with one attached hydrogen (secondary N) is 1. The fourth-order valence-electron chi connectivity index (χ4n) is 3.39. The van der Waals surface area contributed by atoms with Gasteiger partial charge in [-0.3, -0.25) is 0 Å². The Kier molecular flexibility index (Phi) is 3.62. The lowest BCUT2D eigenvalue weighted by atomic mass is 10.0. The highest BCUT2D eigenvalue weighted by molar-refractivity contribution is 5.78. The van der Waals surface area contributed by atoms with Crippen LogP contribution in [0.1, 0.15) is 44.4 Å². The first-order valence-corrected chi connectivity index (χ1v) is 7.61. The van der Waals surface area contributed by atoms with Gasteiger partial charge in [0.2, 0.25) is 0 Å². The van der Waals surface area contributed by atoms with E-state index < -0.39 is 0 Å². The molecule has 0 bridgehead atoms. The fraction of sp³-hybridized carbons (Fsp3) is 0.368. The highest BCUT2D eigenvalue weighted by atomic mass is 15.0. The number of fused-ring (bicyclic) bond motifs is 3. The Balaban J connectivity index is 1.95. The molecule has 0 fully saturated rings. The van der Waals surface area contributed by atoms with E-state index in [0.29, 0.717) is 12.1 Å². The predicted octanol–water partition coefficient (Wildman–Crippen LogP) is 4.78. The van der Waals surface area contributed by atoms with E-state index in [1.165, 1.54) is 28.7 Å². The van der Waals surface area contributed by atoms with Gasteiger partial charge < -0.3 is 5.32 Å². The molecule has 0 saturated carbocycles. The molecule has 1 heteroatoms. The van der Waals surface area contributed by atoms with E-state index in [9.17, 15) is 0 Å². The van der Waals surface area contributed by atoms with Crippen LogP contribution < -0.4 is 5.32 Å². The van der Waals surface area contributed by atoms with Crippen molar-refractivity contribution < 1.29 is 0 Å². The van der Waals surface area contributed by atoms with Crippen LogP contribution in [-0.2, 0) is 0 Å². The van der Waals surface area contributed by atoms with Crippen LogP contribution in [0.15, 0.2) is 48.5 Å². The van der Waals surface area contributed by atoms with Gasteiger partial charge in [0, 0.05) is 6.04 Å². The summed E-state index contributed by atoms with van der Waals surface area (Å²) in [5.41, 5.74) is 5.61. The summed E-state index contributed by atoms with van der Waals surface area (Å²) in [6, 6.07) is 18.4. The van der Waals surface area contributed by atoms with Gasteiger partial charge in [0.25, 0.3) is 0 Å². The standard InChI is InChI=1S/C19H23N/c1-13(2)12-14(3)20-19-17-10-6-4-8-15(17)16-9-5-7-11-18(16)19/h4-11,13-14,19-20H,12H2,1-3H3. The van der Waals surface area contributed by atoms with Crippen molar-refractivity contribution in [3.63, 3.8) is 0 Å². The van der Waals surface area contributed by atoms with Gasteiger partial charge in [-0.2, -0.15) is 0 Å². The van der Waals surface area contributed by atoms with E-state index in [0.717, 1.165) is 5.92 Å². The Bertz CT molecular complexity index is 555. The molecule has 1 aliphatic rings. The van der Waals surface area contributed by atoms with E-state index >= 15 is 0 Å². The molecule has 104 valence electrons. The van der Waals surface area contributed by atoms with E-state index in [2.05, 4.69) is 74.6 Å². The van der Waals surface area contributed by atoms with Gasteiger partial charge in [-0.25, -0.2) is 0 Å².